The molecule has 0 saturated heterocycles. The number of rotatable bonds is 5. The second-order valence-corrected chi connectivity index (χ2v) is 5.73. The van der Waals surface area contributed by atoms with Crippen LogP contribution in [0.2, 0.25) is 10.0 Å². The molecule has 0 radical (unpaired) electrons. The van der Waals surface area contributed by atoms with Crippen LogP contribution in [0.15, 0.2) is 41.6 Å². The molecule has 0 fully saturated rings. The van der Waals surface area contributed by atoms with E-state index in [0.717, 1.165) is 5.03 Å². The smallest absolute Gasteiger partial charge is 0.138 e. The lowest BCUT2D eigenvalue weighted by atomic mass is 10.3. The molecule has 2 rings (SSSR count). The first-order chi connectivity index (χ1) is 9.69. The van der Waals surface area contributed by atoms with Crippen molar-refractivity contribution in [1.29, 1.82) is 5.26 Å². The zero-order valence-corrected chi connectivity index (χ0v) is 12.7. The number of nitrogens with zero attached hydrogens (tertiary/aromatic N) is 2. The predicted octanol–water partition coefficient (Wildman–Crippen LogP) is 4.43. The van der Waals surface area contributed by atoms with E-state index in [2.05, 4.69) is 11.1 Å². The fourth-order valence-electron chi connectivity index (χ4n) is 1.45. The molecule has 3 nitrogen and oxygen atoms in total. The van der Waals surface area contributed by atoms with E-state index in [1.54, 1.807) is 36.5 Å². The van der Waals surface area contributed by atoms with Crippen LogP contribution in [0.1, 0.15) is 5.56 Å². The van der Waals surface area contributed by atoms with Crippen molar-refractivity contribution >= 4 is 35.0 Å². The van der Waals surface area contributed by atoms with Crippen LogP contribution in [0, 0.1) is 11.3 Å². The van der Waals surface area contributed by atoms with Crippen LogP contribution in [-0.2, 0) is 0 Å². The number of pyridine rings is 1. The maximum atomic E-state index is 8.80. The molecule has 0 bridgehead atoms. The molecule has 0 aliphatic rings. The van der Waals surface area contributed by atoms with Crippen LogP contribution in [0.25, 0.3) is 0 Å². The van der Waals surface area contributed by atoms with Gasteiger partial charge in [0.15, 0.2) is 0 Å². The van der Waals surface area contributed by atoms with Crippen molar-refractivity contribution in [2.24, 2.45) is 0 Å². The lowest BCUT2D eigenvalue weighted by Crippen LogP contribution is -2.00. The van der Waals surface area contributed by atoms with Crippen molar-refractivity contribution < 1.29 is 4.74 Å². The molecule has 102 valence electrons. The van der Waals surface area contributed by atoms with Gasteiger partial charge in [-0.2, -0.15) is 5.26 Å². The molecule has 1 heterocycles. The Balaban J connectivity index is 1.83. The maximum Gasteiger partial charge on any atom is 0.138 e. The molecule has 0 unspecified atom stereocenters. The van der Waals surface area contributed by atoms with Gasteiger partial charge in [0.1, 0.15) is 5.75 Å². The summed E-state index contributed by atoms with van der Waals surface area (Å²) in [5.41, 5.74) is 0.601. The predicted molar refractivity (Wildman–Crippen MR) is 81.6 cm³/mol. The van der Waals surface area contributed by atoms with Gasteiger partial charge in [0, 0.05) is 17.0 Å². The molecule has 1 aromatic carbocycles. The van der Waals surface area contributed by atoms with Crippen LogP contribution >= 0.6 is 35.0 Å². The van der Waals surface area contributed by atoms with E-state index in [1.165, 1.54) is 11.8 Å². The molecule has 0 aliphatic carbocycles. The number of aromatic nitrogens is 1. The summed E-state index contributed by atoms with van der Waals surface area (Å²) in [5.74, 6) is 1.32. The first-order valence-corrected chi connectivity index (χ1v) is 7.50. The summed E-state index contributed by atoms with van der Waals surface area (Å²) in [6, 6.07) is 10.6. The Hall–Kier alpha value is -1.41. The molecule has 0 saturated carbocycles. The average molecular weight is 325 g/mol. The molecule has 2 aromatic rings. The number of hydrogen-bond acceptors (Lipinski definition) is 4. The number of ether oxygens (including phenoxy) is 1. The Labute approximate surface area is 131 Å². The first kappa shape index (κ1) is 15.0. The van der Waals surface area contributed by atoms with E-state index in [4.69, 9.17) is 33.2 Å². The SMILES string of the molecule is N#Cc1ccnc(SCCOc2ccc(Cl)cc2Cl)c1. The number of benzene rings is 1. The molecule has 0 spiro atoms. The van der Waals surface area contributed by atoms with E-state index < -0.39 is 0 Å². The van der Waals surface area contributed by atoms with Crippen molar-refractivity contribution in [2.75, 3.05) is 12.4 Å². The summed E-state index contributed by atoms with van der Waals surface area (Å²) < 4.78 is 5.57. The van der Waals surface area contributed by atoms with Crippen LogP contribution in [0.5, 0.6) is 5.75 Å². The van der Waals surface area contributed by atoms with Gasteiger partial charge in [0.25, 0.3) is 0 Å². The largest absolute Gasteiger partial charge is 0.491 e. The van der Waals surface area contributed by atoms with Gasteiger partial charge in [0.05, 0.1) is 28.3 Å². The minimum atomic E-state index is 0.491. The van der Waals surface area contributed by atoms with E-state index >= 15 is 0 Å². The Kier molecular flexibility index (Phi) is 5.54. The third kappa shape index (κ3) is 4.31. The second-order valence-electron chi connectivity index (χ2n) is 3.77. The van der Waals surface area contributed by atoms with Crippen LogP contribution in [0.4, 0.5) is 0 Å². The van der Waals surface area contributed by atoms with Gasteiger partial charge < -0.3 is 4.74 Å². The fourth-order valence-corrected chi connectivity index (χ4v) is 2.63. The van der Waals surface area contributed by atoms with E-state index in [-0.39, 0.29) is 0 Å². The molecule has 0 amide bonds. The third-order valence-corrected chi connectivity index (χ3v) is 3.77. The van der Waals surface area contributed by atoms with Gasteiger partial charge in [-0.15, -0.1) is 11.8 Å². The van der Waals surface area contributed by atoms with Crippen molar-refractivity contribution in [2.45, 2.75) is 5.03 Å². The zero-order chi connectivity index (χ0) is 14.4. The Morgan fingerprint density at radius 1 is 1.25 bits per heavy atom. The van der Waals surface area contributed by atoms with E-state index in [0.29, 0.717) is 33.7 Å². The van der Waals surface area contributed by atoms with Crippen LogP contribution in [-0.4, -0.2) is 17.3 Å². The van der Waals surface area contributed by atoms with Crippen molar-refractivity contribution in [1.82, 2.24) is 4.98 Å². The molecule has 0 atom stereocenters. The second kappa shape index (κ2) is 7.39. The van der Waals surface area contributed by atoms with E-state index in [9.17, 15) is 0 Å². The minimum Gasteiger partial charge on any atom is -0.491 e. The summed E-state index contributed by atoms with van der Waals surface area (Å²) in [7, 11) is 0. The van der Waals surface area contributed by atoms with Crippen molar-refractivity contribution in [3.63, 3.8) is 0 Å². The normalized spacial score (nSPS) is 10.1. The third-order valence-electron chi connectivity index (χ3n) is 2.35. The number of nitriles is 1. The monoisotopic (exact) mass is 324 g/mol. The quantitative estimate of drug-likeness (QED) is 0.602. The minimum absolute atomic E-state index is 0.491. The summed E-state index contributed by atoms with van der Waals surface area (Å²) in [4.78, 5) is 4.17. The molecule has 0 aliphatic heterocycles. The fraction of sp³-hybridized carbons (Fsp3) is 0.143. The van der Waals surface area contributed by atoms with Crippen molar-refractivity contribution in [3.8, 4) is 11.8 Å². The van der Waals surface area contributed by atoms with Crippen molar-refractivity contribution in [3.05, 3.63) is 52.1 Å². The Morgan fingerprint density at radius 3 is 2.85 bits per heavy atom. The highest BCUT2D eigenvalue weighted by Crippen LogP contribution is 2.27. The van der Waals surface area contributed by atoms with Gasteiger partial charge >= 0.3 is 0 Å². The highest BCUT2D eigenvalue weighted by molar-refractivity contribution is 7.99. The van der Waals surface area contributed by atoms with Gasteiger partial charge in [0.2, 0.25) is 0 Å². The standard InChI is InChI=1S/C14H10Cl2N2OS/c15-11-1-2-13(12(16)8-11)19-5-6-20-14-7-10(9-17)3-4-18-14/h1-4,7-8H,5-6H2. The lowest BCUT2D eigenvalue weighted by Gasteiger charge is -2.07. The molecule has 20 heavy (non-hydrogen) atoms. The van der Waals surface area contributed by atoms with Gasteiger partial charge in [-0.25, -0.2) is 4.98 Å². The number of halogens is 2. The summed E-state index contributed by atoms with van der Waals surface area (Å²) >= 11 is 13.3. The highest BCUT2D eigenvalue weighted by atomic mass is 35.5. The van der Waals surface area contributed by atoms with Crippen LogP contribution < -0.4 is 4.74 Å². The lowest BCUT2D eigenvalue weighted by molar-refractivity contribution is 0.344. The Morgan fingerprint density at radius 2 is 2.10 bits per heavy atom. The highest BCUT2D eigenvalue weighted by Gasteiger charge is 2.03. The molecular formula is C14H10Cl2N2OS. The average Bonchev–Trinajstić information content (AvgIpc) is 2.45. The summed E-state index contributed by atoms with van der Waals surface area (Å²) in [6.07, 6.45) is 1.62. The molecular weight excluding hydrogens is 315 g/mol. The number of hydrogen-bond donors (Lipinski definition) is 0. The number of thioether (sulfide) groups is 1. The molecule has 1 aromatic heterocycles. The van der Waals surface area contributed by atoms with E-state index in [1.807, 2.05) is 0 Å². The Bertz CT molecular complexity index is 643. The summed E-state index contributed by atoms with van der Waals surface area (Å²) in [6.45, 7) is 0.491. The first-order valence-electron chi connectivity index (χ1n) is 5.76. The summed E-state index contributed by atoms with van der Waals surface area (Å²) in [5, 5.41) is 10.7. The van der Waals surface area contributed by atoms with Gasteiger partial charge in [-0.3, -0.25) is 0 Å². The molecule has 6 heteroatoms. The molecule has 0 N–H and O–H groups in total. The zero-order valence-electron chi connectivity index (χ0n) is 10.3. The maximum absolute atomic E-state index is 8.80. The van der Waals surface area contributed by atoms with Gasteiger partial charge in [-0.05, 0) is 30.3 Å². The van der Waals surface area contributed by atoms with Crippen LogP contribution in [0.3, 0.4) is 0 Å². The topological polar surface area (TPSA) is 45.9 Å². The van der Waals surface area contributed by atoms with Gasteiger partial charge in [-0.1, -0.05) is 23.2 Å².